The van der Waals surface area contributed by atoms with Gasteiger partial charge in [0.05, 0.1) is 40.4 Å². The van der Waals surface area contributed by atoms with Crippen molar-refractivity contribution in [2.24, 2.45) is 0 Å². The molecule has 0 aliphatic carbocycles. The number of carbonyl (C=O) groups is 3. The van der Waals surface area contributed by atoms with Crippen molar-refractivity contribution >= 4 is 96.9 Å². The summed E-state index contributed by atoms with van der Waals surface area (Å²) >= 11 is 5.71. The number of amides is 2. The molecule has 0 bridgehead atoms. The van der Waals surface area contributed by atoms with Crippen molar-refractivity contribution in [2.45, 2.75) is 38.3 Å². The second kappa shape index (κ2) is 15.5. The van der Waals surface area contributed by atoms with Gasteiger partial charge in [0.2, 0.25) is 11.8 Å². The zero-order valence-corrected chi connectivity index (χ0v) is 24.2. The topological polar surface area (TPSA) is 209 Å². The van der Waals surface area contributed by atoms with Crippen LogP contribution in [-0.4, -0.2) is 93.0 Å². The van der Waals surface area contributed by atoms with Gasteiger partial charge in [-0.3, -0.25) is 9.59 Å². The normalized spacial score (nSPS) is 14.3. The summed E-state index contributed by atoms with van der Waals surface area (Å²) < 4.78 is 1.44. The number of hydrogen-bond donors (Lipinski definition) is 9. The van der Waals surface area contributed by atoms with Crippen LogP contribution in [0.5, 0.6) is 0 Å². The van der Waals surface area contributed by atoms with Crippen LogP contribution in [0.25, 0.3) is 0 Å². The fourth-order valence-electron chi connectivity index (χ4n) is 2.32. The molecule has 188 valence electrons. The van der Waals surface area contributed by atoms with E-state index in [1.165, 1.54) is 13.8 Å². The molecule has 0 radical (unpaired) electrons. The van der Waals surface area contributed by atoms with Gasteiger partial charge in [0.25, 0.3) is 0 Å². The minimum Gasteiger partial charge on any atom is -0.478 e. The van der Waals surface area contributed by atoms with E-state index in [9.17, 15) is 24.6 Å². The number of carbonyl (C=O) groups excluding carboxylic acids is 2. The van der Waals surface area contributed by atoms with Crippen molar-refractivity contribution in [3.05, 3.63) is 16.3 Å². The number of hydrogen-bond acceptors (Lipinski definition) is 9. The number of nitrogens with one attached hydrogen (secondary N) is 3. The number of carboxylic acid groups (broad SMARTS) is 1. The highest BCUT2D eigenvalue weighted by Gasteiger charge is 2.29. The summed E-state index contributed by atoms with van der Waals surface area (Å²) in [7, 11) is 1.57. The highest BCUT2D eigenvalue weighted by Crippen LogP contribution is 2.38. The summed E-state index contributed by atoms with van der Waals surface area (Å²) in [6, 6.07) is 0. The van der Waals surface area contributed by atoms with Gasteiger partial charge in [-0.15, -0.1) is 0 Å². The van der Waals surface area contributed by atoms with Gasteiger partial charge in [0.15, 0.2) is 0 Å². The van der Waals surface area contributed by atoms with Gasteiger partial charge in [-0.25, -0.2) is 4.79 Å². The summed E-state index contributed by atoms with van der Waals surface area (Å²) in [5, 5.41) is 62.0. The van der Waals surface area contributed by atoms with Gasteiger partial charge in [-0.2, -0.15) is 0 Å². The summed E-state index contributed by atoms with van der Waals surface area (Å²) in [6.45, 7) is 2.10. The Hall–Kier alpha value is -0.420. The molecular weight excluding hydrogens is 783 g/mol. The number of rotatable bonds is 9. The monoisotopic (exact) mass is 809 g/mol. The molecule has 0 aromatic heterocycles. The van der Waals surface area contributed by atoms with E-state index in [1.54, 1.807) is 7.05 Å². The Morgan fingerprint density at radius 1 is 0.818 bits per heavy atom. The first kappa shape index (κ1) is 32.6. The predicted octanol–water partition coefficient (Wildman–Crippen LogP) is -0.243. The molecule has 15 heteroatoms. The molecule has 0 saturated carbocycles. The van der Waals surface area contributed by atoms with Crippen LogP contribution in [-0.2, 0) is 9.59 Å². The highest BCUT2D eigenvalue weighted by atomic mass is 127. The first-order valence-corrected chi connectivity index (χ1v) is 12.4. The second-order valence-corrected chi connectivity index (χ2v) is 9.83. The number of aromatic carboxylic acids is 1. The van der Waals surface area contributed by atoms with Crippen molar-refractivity contribution in [1.82, 2.24) is 5.32 Å². The number of halogens is 3. The molecular formula is C18H26I3N3O9. The van der Waals surface area contributed by atoms with E-state index in [-0.39, 0.29) is 23.9 Å². The molecule has 1 rings (SSSR count). The number of anilines is 2. The highest BCUT2D eigenvalue weighted by molar-refractivity contribution is 14.1. The van der Waals surface area contributed by atoms with Gasteiger partial charge < -0.3 is 46.6 Å². The lowest BCUT2D eigenvalue weighted by atomic mass is 10.0. The van der Waals surface area contributed by atoms with E-state index in [1.807, 2.05) is 67.8 Å². The molecule has 4 unspecified atom stereocenters. The summed E-state index contributed by atoms with van der Waals surface area (Å²) in [6.07, 6.45) is -5.65. The van der Waals surface area contributed by atoms with E-state index in [2.05, 4.69) is 16.0 Å². The van der Waals surface area contributed by atoms with E-state index >= 15 is 0 Å². The predicted molar refractivity (Wildman–Crippen MR) is 145 cm³/mol. The Bertz CT molecular complexity index is 814. The lowest BCUT2D eigenvalue weighted by Crippen LogP contribution is -2.48. The Morgan fingerprint density at radius 3 is 1.52 bits per heavy atom. The molecule has 0 aliphatic heterocycles. The first-order valence-electron chi connectivity index (χ1n) is 9.17. The molecule has 0 aliphatic rings. The number of aliphatic hydroxyl groups excluding tert-OH is 5. The van der Waals surface area contributed by atoms with E-state index in [4.69, 9.17) is 20.4 Å². The smallest absolute Gasteiger partial charge is 0.338 e. The third-order valence-corrected chi connectivity index (χ3v) is 7.11. The quantitative estimate of drug-likeness (QED) is 0.150. The molecule has 2 amide bonds. The minimum atomic E-state index is -1.55. The Kier molecular flexibility index (Phi) is 15.4. The lowest BCUT2D eigenvalue weighted by molar-refractivity contribution is -0.115. The van der Waals surface area contributed by atoms with Crippen molar-refractivity contribution in [1.29, 1.82) is 0 Å². The standard InChI is InChI=1S/C11H9I3N2O4.C7H17NO5/c1-3(17)15-9-6(12)5(11(19)20)7(13)10(8(9)14)16-4(2)18;1-8-2-4(10)6(12)7(13)5(11)3-9/h1-2H3,(H,15,17)(H,16,18)(H,19,20);4-13H,2-3H2,1H3. The molecule has 9 N–H and O–H groups in total. The number of aliphatic hydroxyl groups is 5. The van der Waals surface area contributed by atoms with Crippen molar-refractivity contribution in [3.63, 3.8) is 0 Å². The van der Waals surface area contributed by atoms with Gasteiger partial charge in [-0.1, -0.05) is 0 Å². The fourth-order valence-corrected chi connectivity index (χ4v) is 6.48. The van der Waals surface area contributed by atoms with Crippen LogP contribution < -0.4 is 16.0 Å². The molecule has 0 heterocycles. The molecule has 1 aromatic carbocycles. The molecule has 33 heavy (non-hydrogen) atoms. The molecule has 12 nitrogen and oxygen atoms in total. The SMILES string of the molecule is CC(=O)Nc1c(I)c(NC(C)=O)c(I)c(C(=O)O)c1I.CNCC(O)C(O)C(O)C(O)CO. The van der Waals surface area contributed by atoms with Crippen molar-refractivity contribution in [2.75, 3.05) is 30.8 Å². The molecule has 0 saturated heterocycles. The molecule has 4 atom stereocenters. The second-order valence-electron chi connectivity index (χ2n) is 6.59. The Morgan fingerprint density at radius 2 is 1.21 bits per heavy atom. The number of benzene rings is 1. The van der Waals surface area contributed by atoms with Crippen LogP contribution in [0.15, 0.2) is 0 Å². The van der Waals surface area contributed by atoms with Crippen LogP contribution in [0.2, 0.25) is 0 Å². The van der Waals surface area contributed by atoms with E-state index in [0.29, 0.717) is 22.1 Å². The van der Waals surface area contributed by atoms with Gasteiger partial charge >= 0.3 is 5.97 Å². The summed E-state index contributed by atoms with van der Waals surface area (Å²) in [5.74, 6) is -1.74. The number of likely N-dealkylation sites (N-methyl/N-ethyl adjacent to an activating group) is 1. The summed E-state index contributed by atoms with van der Waals surface area (Å²) in [5.41, 5.74) is 0.833. The zero-order chi connectivity index (χ0) is 26.0. The average molecular weight is 809 g/mol. The van der Waals surface area contributed by atoms with Gasteiger partial charge in [0.1, 0.15) is 18.3 Å². The third kappa shape index (κ3) is 9.99. The van der Waals surface area contributed by atoms with Crippen LogP contribution in [0.1, 0.15) is 24.2 Å². The van der Waals surface area contributed by atoms with Crippen LogP contribution in [0, 0.1) is 10.7 Å². The third-order valence-electron chi connectivity index (χ3n) is 3.87. The number of carboxylic acids is 1. The molecule has 0 fully saturated rings. The largest absolute Gasteiger partial charge is 0.478 e. The van der Waals surface area contributed by atoms with E-state index < -0.39 is 37.0 Å². The Labute approximate surface area is 231 Å². The average Bonchev–Trinajstić information content (AvgIpc) is 2.72. The first-order chi connectivity index (χ1) is 15.2. The summed E-state index contributed by atoms with van der Waals surface area (Å²) in [4.78, 5) is 33.9. The van der Waals surface area contributed by atoms with Gasteiger partial charge in [0, 0.05) is 20.4 Å². The fraction of sp³-hybridized carbons (Fsp3) is 0.500. The Balaban J connectivity index is 0.000000684. The van der Waals surface area contributed by atoms with Gasteiger partial charge in [-0.05, 0) is 74.8 Å². The molecule has 1 aromatic rings. The maximum atomic E-state index is 11.4. The van der Waals surface area contributed by atoms with Crippen LogP contribution in [0.3, 0.4) is 0 Å². The molecule has 0 spiro atoms. The maximum Gasteiger partial charge on any atom is 0.338 e. The van der Waals surface area contributed by atoms with Crippen LogP contribution >= 0.6 is 67.8 Å². The minimum absolute atomic E-state index is 0.0547. The van der Waals surface area contributed by atoms with Crippen LogP contribution in [0.4, 0.5) is 11.4 Å². The van der Waals surface area contributed by atoms with Crippen molar-refractivity contribution < 1.29 is 45.0 Å². The lowest BCUT2D eigenvalue weighted by Gasteiger charge is -2.25. The van der Waals surface area contributed by atoms with E-state index in [0.717, 1.165) is 0 Å². The van der Waals surface area contributed by atoms with Crippen molar-refractivity contribution in [3.8, 4) is 0 Å². The maximum absolute atomic E-state index is 11.4. The zero-order valence-electron chi connectivity index (χ0n) is 17.8.